The Morgan fingerprint density at radius 2 is 1.88 bits per heavy atom. The maximum absolute atomic E-state index is 11.5. The maximum Gasteiger partial charge on any atom is 0.338 e. The first-order chi connectivity index (χ1) is 7.74. The third-order valence-electron chi connectivity index (χ3n) is 1.96. The minimum absolute atomic E-state index is 0.281. The molecule has 0 aliphatic heterocycles. The lowest BCUT2D eigenvalue weighted by Gasteiger charge is -2.05. The molecule has 0 heterocycles. The molecule has 4 nitrogen and oxygen atoms in total. The van der Waals surface area contributed by atoms with Gasteiger partial charge in [0.2, 0.25) is 0 Å². The van der Waals surface area contributed by atoms with Crippen LogP contribution in [-0.4, -0.2) is 25.8 Å². The molecule has 0 fully saturated rings. The summed E-state index contributed by atoms with van der Waals surface area (Å²) in [5, 5.41) is 0. The summed E-state index contributed by atoms with van der Waals surface area (Å²) in [6, 6.07) is 6.63. The monoisotopic (exact) mass is 223 g/mol. The highest BCUT2D eigenvalue weighted by Gasteiger charge is 2.05. The van der Waals surface area contributed by atoms with Crippen LogP contribution in [0.5, 0.6) is 0 Å². The zero-order valence-corrected chi connectivity index (χ0v) is 9.44. The Hall–Kier alpha value is -1.55. The Kier molecular flexibility index (Phi) is 5.36. The molecule has 1 rings (SSSR count). The predicted molar refractivity (Wildman–Crippen MR) is 62.2 cm³/mol. The Morgan fingerprint density at radius 1 is 1.19 bits per heavy atom. The summed E-state index contributed by atoms with van der Waals surface area (Å²) in [6.45, 7) is 3.44. The van der Waals surface area contributed by atoms with Gasteiger partial charge in [-0.3, -0.25) is 0 Å². The minimum Gasteiger partial charge on any atom is -0.460 e. The molecule has 0 saturated carbocycles. The lowest BCUT2D eigenvalue weighted by atomic mass is 10.2. The van der Waals surface area contributed by atoms with E-state index in [1.54, 1.807) is 24.3 Å². The van der Waals surface area contributed by atoms with E-state index in [0.29, 0.717) is 24.5 Å². The Bertz CT molecular complexity index is 322. The van der Waals surface area contributed by atoms with Crippen molar-refractivity contribution in [3.05, 3.63) is 29.8 Å². The minimum atomic E-state index is -0.347. The number of anilines is 1. The van der Waals surface area contributed by atoms with Crippen LogP contribution in [0.25, 0.3) is 0 Å². The molecule has 0 aromatic heterocycles. The van der Waals surface area contributed by atoms with Crippen molar-refractivity contribution in [1.82, 2.24) is 0 Å². The number of nitrogen functional groups attached to an aromatic ring is 1. The molecule has 2 N–H and O–H groups in total. The van der Waals surface area contributed by atoms with Crippen molar-refractivity contribution >= 4 is 11.7 Å². The molecule has 4 heteroatoms. The average molecular weight is 223 g/mol. The van der Waals surface area contributed by atoms with Crippen molar-refractivity contribution in [3.8, 4) is 0 Å². The summed E-state index contributed by atoms with van der Waals surface area (Å²) in [5.74, 6) is -0.347. The van der Waals surface area contributed by atoms with Crippen molar-refractivity contribution in [2.75, 3.05) is 25.6 Å². The molecule has 0 atom stereocenters. The van der Waals surface area contributed by atoms with Gasteiger partial charge in [-0.15, -0.1) is 0 Å². The molecular formula is C12H17NO3. The van der Waals surface area contributed by atoms with Crippen LogP contribution in [0.1, 0.15) is 23.7 Å². The SMILES string of the molecule is CCCOCCOC(=O)c1ccc(N)cc1. The van der Waals surface area contributed by atoms with E-state index in [4.69, 9.17) is 15.2 Å². The number of carbonyl (C=O) groups excluding carboxylic acids is 1. The van der Waals surface area contributed by atoms with Crippen molar-refractivity contribution in [3.63, 3.8) is 0 Å². The van der Waals surface area contributed by atoms with Gasteiger partial charge >= 0.3 is 5.97 Å². The van der Waals surface area contributed by atoms with Gasteiger partial charge in [0, 0.05) is 12.3 Å². The summed E-state index contributed by atoms with van der Waals surface area (Å²) in [7, 11) is 0. The first-order valence-corrected chi connectivity index (χ1v) is 5.34. The van der Waals surface area contributed by atoms with Crippen LogP contribution in [-0.2, 0) is 9.47 Å². The summed E-state index contributed by atoms with van der Waals surface area (Å²) in [5.41, 5.74) is 6.64. The summed E-state index contributed by atoms with van der Waals surface area (Å²) in [4.78, 5) is 11.5. The zero-order valence-electron chi connectivity index (χ0n) is 9.44. The van der Waals surface area contributed by atoms with Crippen molar-refractivity contribution in [2.24, 2.45) is 0 Å². The van der Waals surface area contributed by atoms with Crippen LogP contribution in [0, 0.1) is 0 Å². The fourth-order valence-corrected chi connectivity index (χ4v) is 1.14. The van der Waals surface area contributed by atoms with Gasteiger partial charge in [0.15, 0.2) is 0 Å². The van der Waals surface area contributed by atoms with Gasteiger partial charge < -0.3 is 15.2 Å². The molecule has 0 bridgehead atoms. The molecule has 0 saturated heterocycles. The lowest BCUT2D eigenvalue weighted by molar-refractivity contribution is 0.0318. The standard InChI is InChI=1S/C12H17NO3/c1-2-7-15-8-9-16-12(14)10-3-5-11(13)6-4-10/h3-6H,2,7-9,13H2,1H3. The molecule has 0 aliphatic carbocycles. The molecule has 0 radical (unpaired) electrons. The van der Waals surface area contributed by atoms with Crippen LogP contribution in [0.2, 0.25) is 0 Å². The molecule has 0 spiro atoms. The molecule has 0 aliphatic rings. The molecular weight excluding hydrogens is 206 g/mol. The second-order valence-electron chi connectivity index (χ2n) is 3.37. The van der Waals surface area contributed by atoms with Crippen molar-refractivity contribution in [1.29, 1.82) is 0 Å². The normalized spacial score (nSPS) is 10.1. The fraction of sp³-hybridized carbons (Fsp3) is 0.417. The van der Waals surface area contributed by atoms with Crippen molar-refractivity contribution < 1.29 is 14.3 Å². The smallest absolute Gasteiger partial charge is 0.338 e. The van der Waals surface area contributed by atoms with Gasteiger partial charge in [0.05, 0.1) is 12.2 Å². The van der Waals surface area contributed by atoms with E-state index in [9.17, 15) is 4.79 Å². The second-order valence-corrected chi connectivity index (χ2v) is 3.37. The van der Waals surface area contributed by atoms with E-state index in [1.807, 2.05) is 6.92 Å². The lowest BCUT2D eigenvalue weighted by Crippen LogP contribution is -2.11. The average Bonchev–Trinajstić information content (AvgIpc) is 2.29. The number of esters is 1. The number of carbonyl (C=O) groups is 1. The van der Waals surface area contributed by atoms with Crippen molar-refractivity contribution in [2.45, 2.75) is 13.3 Å². The largest absolute Gasteiger partial charge is 0.460 e. The Labute approximate surface area is 95.3 Å². The quantitative estimate of drug-likeness (QED) is 0.454. The van der Waals surface area contributed by atoms with Crippen LogP contribution >= 0.6 is 0 Å². The summed E-state index contributed by atoms with van der Waals surface area (Å²) < 4.78 is 10.2. The number of ether oxygens (including phenoxy) is 2. The second kappa shape index (κ2) is 6.85. The highest BCUT2D eigenvalue weighted by atomic mass is 16.6. The highest BCUT2D eigenvalue weighted by molar-refractivity contribution is 5.89. The number of rotatable bonds is 6. The Balaban J connectivity index is 2.27. The van der Waals surface area contributed by atoms with Gasteiger partial charge in [-0.2, -0.15) is 0 Å². The topological polar surface area (TPSA) is 61.5 Å². The van der Waals surface area contributed by atoms with Gasteiger partial charge in [-0.05, 0) is 30.7 Å². The Morgan fingerprint density at radius 3 is 2.50 bits per heavy atom. The van der Waals surface area contributed by atoms with Gasteiger partial charge in [-0.1, -0.05) is 6.92 Å². The molecule has 16 heavy (non-hydrogen) atoms. The molecule has 1 aromatic carbocycles. The van der Waals surface area contributed by atoms with E-state index in [2.05, 4.69) is 0 Å². The fourth-order valence-electron chi connectivity index (χ4n) is 1.14. The number of hydrogen-bond acceptors (Lipinski definition) is 4. The van der Waals surface area contributed by atoms with Gasteiger partial charge in [0.25, 0.3) is 0 Å². The molecule has 88 valence electrons. The van der Waals surface area contributed by atoms with Crippen LogP contribution in [0.15, 0.2) is 24.3 Å². The zero-order chi connectivity index (χ0) is 11.8. The molecule has 0 unspecified atom stereocenters. The van der Waals surface area contributed by atoms with E-state index >= 15 is 0 Å². The van der Waals surface area contributed by atoms with Crippen LogP contribution in [0.4, 0.5) is 5.69 Å². The maximum atomic E-state index is 11.5. The number of nitrogens with two attached hydrogens (primary N) is 1. The third kappa shape index (κ3) is 4.31. The molecule has 0 amide bonds. The number of hydrogen-bond donors (Lipinski definition) is 1. The first kappa shape index (κ1) is 12.5. The van der Waals surface area contributed by atoms with E-state index in [-0.39, 0.29) is 12.6 Å². The third-order valence-corrected chi connectivity index (χ3v) is 1.96. The van der Waals surface area contributed by atoms with Gasteiger partial charge in [0.1, 0.15) is 6.61 Å². The first-order valence-electron chi connectivity index (χ1n) is 5.34. The van der Waals surface area contributed by atoms with Gasteiger partial charge in [-0.25, -0.2) is 4.79 Å². The van der Waals surface area contributed by atoms with E-state index < -0.39 is 0 Å². The molecule has 1 aromatic rings. The van der Waals surface area contributed by atoms with E-state index in [1.165, 1.54) is 0 Å². The predicted octanol–water partition coefficient (Wildman–Crippen LogP) is 1.85. The van der Waals surface area contributed by atoms with Crippen LogP contribution < -0.4 is 5.73 Å². The van der Waals surface area contributed by atoms with E-state index in [0.717, 1.165) is 6.42 Å². The summed E-state index contributed by atoms with van der Waals surface area (Å²) >= 11 is 0. The van der Waals surface area contributed by atoms with Crippen LogP contribution in [0.3, 0.4) is 0 Å². The highest BCUT2D eigenvalue weighted by Crippen LogP contribution is 2.06. The number of benzene rings is 1. The summed E-state index contributed by atoms with van der Waals surface area (Å²) in [6.07, 6.45) is 0.964.